The summed E-state index contributed by atoms with van der Waals surface area (Å²) in [6, 6.07) is -0.0505. The van der Waals surface area contributed by atoms with Gasteiger partial charge in [0.15, 0.2) is 5.82 Å². The molecule has 0 aliphatic carbocycles. The van der Waals surface area contributed by atoms with E-state index in [2.05, 4.69) is 28.9 Å². The van der Waals surface area contributed by atoms with Gasteiger partial charge in [0.2, 0.25) is 11.8 Å². The highest BCUT2D eigenvalue weighted by molar-refractivity contribution is 5.81. The molecule has 1 aromatic rings. The number of carbonyl (C=O) groups excluding carboxylic acids is 1. The Morgan fingerprint density at radius 2 is 2.25 bits per heavy atom. The van der Waals surface area contributed by atoms with Gasteiger partial charge in [-0.05, 0) is 25.3 Å². The summed E-state index contributed by atoms with van der Waals surface area (Å²) in [5.74, 6) is 2.03. The monoisotopic (exact) mass is 280 g/mol. The second-order valence-electron chi connectivity index (χ2n) is 6.06. The van der Waals surface area contributed by atoms with Gasteiger partial charge in [-0.25, -0.2) is 0 Å². The van der Waals surface area contributed by atoms with Crippen LogP contribution in [0.3, 0.4) is 0 Å². The Bertz CT molecular complexity index is 456. The minimum atomic E-state index is -0.0505. The van der Waals surface area contributed by atoms with Crippen molar-refractivity contribution in [2.75, 3.05) is 20.6 Å². The van der Waals surface area contributed by atoms with Crippen molar-refractivity contribution in [1.82, 2.24) is 19.9 Å². The molecule has 20 heavy (non-hydrogen) atoms. The number of likely N-dealkylation sites (N-methyl/N-ethyl adjacent to an activating group) is 1. The van der Waals surface area contributed by atoms with Gasteiger partial charge in [0.25, 0.3) is 0 Å². The Morgan fingerprint density at radius 1 is 1.50 bits per heavy atom. The predicted molar refractivity (Wildman–Crippen MR) is 75.0 cm³/mol. The summed E-state index contributed by atoms with van der Waals surface area (Å²) < 4.78 is 5.29. The zero-order chi connectivity index (χ0) is 14.7. The first-order chi connectivity index (χ1) is 9.47. The minimum Gasteiger partial charge on any atom is -0.347 e. The molecule has 2 rings (SSSR count). The molecule has 0 saturated carbocycles. The average molecular weight is 280 g/mol. The van der Waals surface area contributed by atoms with Crippen molar-refractivity contribution in [2.24, 2.45) is 5.92 Å². The van der Waals surface area contributed by atoms with Crippen LogP contribution in [0.1, 0.15) is 38.4 Å². The van der Waals surface area contributed by atoms with Crippen LogP contribution in [0.25, 0.3) is 0 Å². The summed E-state index contributed by atoms with van der Waals surface area (Å²) >= 11 is 0. The topological polar surface area (TPSA) is 62.5 Å². The van der Waals surface area contributed by atoms with Crippen LogP contribution in [0.2, 0.25) is 0 Å². The van der Waals surface area contributed by atoms with Crippen LogP contribution in [0.5, 0.6) is 0 Å². The van der Waals surface area contributed by atoms with Crippen LogP contribution in [0.15, 0.2) is 4.52 Å². The Labute approximate surface area is 120 Å². The number of hydrogen-bond acceptors (Lipinski definition) is 5. The molecule has 1 amide bonds. The molecule has 1 fully saturated rings. The first kappa shape index (κ1) is 15.0. The summed E-state index contributed by atoms with van der Waals surface area (Å²) in [7, 11) is 3.60. The first-order valence-corrected chi connectivity index (χ1v) is 7.24. The van der Waals surface area contributed by atoms with Crippen molar-refractivity contribution < 1.29 is 9.32 Å². The summed E-state index contributed by atoms with van der Waals surface area (Å²) in [6.07, 6.45) is 2.77. The second kappa shape index (κ2) is 6.35. The van der Waals surface area contributed by atoms with Crippen molar-refractivity contribution >= 4 is 5.91 Å². The highest BCUT2D eigenvalue weighted by Gasteiger charge is 2.32. The molecular formula is C14H24N4O2. The van der Waals surface area contributed by atoms with Crippen molar-refractivity contribution in [1.29, 1.82) is 0 Å². The molecule has 1 aliphatic rings. The maximum atomic E-state index is 12.1. The van der Waals surface area contributed by atoms with Gasteiger partial charge in [-0.3, -0.25) is 9.69 Å². The number of rotatable bonds is 5. The largest absolute Gasteiger partial charge is 0.347 e. The zero-order valence-corrected chi connectivity index (χ0v) is 12.8. The molecule has 0 aromatic carbocycles. The first-order valence-electron chi connectivity index (χ1n) is 7.24. The van der Waals surface area contributed by atoms with Crippen LogP contribution < -0.4 is 0 Å². The number of amides is 1. The van der Waals surface area contributed by atoms with Gasteiger partial charge in [-0.1, -0.05) is 19.0 Å². The van der Waals surface area contributed by atoms with Gasteiger partial charge < -0.3 is 9.42 Å². The Balaban J connectivity index is 1.98. The number of carbonyl (C=O) groups is 1. The fraction of sp³-hybridized carbons (Fsp3) is 0.786. The predicted octanol–water partition coefficient (Wildman–Crippen LogP) is 1.32. The van der Waals surface area contributed by atoms with E-state index in [1.54, 1.807) is 19.0 Å². The third-order valence-corrected chi connectivity index (χ3v) is 3.53. The maximum absolute atomic E-state index is 12.1. The van der Waals surface area contributed by atoms with E-state index in [4.69, 9.17) is 4.52 Å². The number of hydrogen-bond donors (Lipinski definition) is 0. The molecule has 1 unspecified atom stereocenters. The van der Waals surface area contributed by atoms with Crippen LogP contribution >= 0.6 is 0 Å². The highest BCUT2D eigenvalue weighted by Crippen LogP contribution is 2.21. The smallest absolute Gasteiger partial charge is 0.240 e. The normalized spacial score (nSPS) is 19.8. The highest BCUT2D eigenvalue weighted by atomic mass is 16.5. The molecule has 0 bridgehead atoms. The van der Waals surface area contributed by atoms with Gasteiger partial charge in [0, 0.05) is 20.5 Å². The lowest BCUT2D eigenvalue weighted by molar-refractivity contribution is -0.133. The van der Waals surface area contributed by atoms with Gasteiger partial charge in [-0.15, -0.1) is 0 Å². The Kier molecular flexibility index (Phi) is 4.75. The van der Waals surface area contributed by atoms with Gasteiger partial charge in [0.05, 0.1) is 12.6 Å². The van der Waals surface area contributed by atoms with E-state index in [0.717, 1.165) is 31.6 Å². The van der Waals surface area contributed by atoms with E-state index >= 15 is 0 Å². The molecule has 2 heterocycles. The van der Waals surface area contributed by atoms with Crippen molar-refractivity contribution in [3.63, 3.8) is 0 Å². The van der Waals surface area contributed by atoms with Crippen molar-refractivity contribution in [2.45, 2.75) is 45.7 Å². The van der Waals surface area contributed by atoms with Crippen molar-refractivity contribution in [3.8, 4) is 0 Å². The summed E-state index contributed by atoms with van der Waals surface area (Å²) in [4.78, 5) is 20.3. The fourth-order valence-electron chi connectivity index (χ4n) is 2.57. The van der Waals surface area contributed by atoms with E-state index in [9.17, 15) is 4.79 Å². The van der Waals surface area contributed by atoms with E-state index in [1.807, 2.05) is 0 Å². The quantitative estimate of drug-likeness (QED) is 0.814. The standard InChI is InChI=1S/C14H24N4O2/c1-10(2)8-12-15-13(20-16-12)9-18-7-5-6-11(18)14(19)17(3)4/h10-11H,5-9H2,1-4H3. The van der Waals surface area contributed by atoms with E-state index < -0.39 is 0 Å². The van der Waals surface area contributed by atoms with Crippen LogP contribution in [0.4, 0.5) is 0 Å². The van der Waals surface area contributed by atoms with E-state index in [-0.39, 0.29) is 11.9 Å². The van der Waals surface area contributed by atoms with Crippen LogP contribution in [-0.4, -0.2) is 52.5 Å². The second-order valence-corrected chi connectivity index (χ2v) is 6.06. The molecule has 0 radical (unpaired) electrons. The molecule has 1 saturated heterocycles. The number of nitrogens with zero attached hydrogens (tertiary/aromatic N) is 4. The summed E-state index contributed by atoms with van der Waals surface area (Å²) in [5, 5.41) is 4.00. The molecular weight excluding hydrogens is 256 g/mol. The third kappa shape index (κ3) is 3.56. The maximum Gasteiger partial charge on any atom is 0.240 e. The van der Waals surface area contributed by atoms with Crippen LogP contribution in [0, 0.1) is 5.92 Å². The third-order valence-electron chi connectivity index (χ3n) is 3.53. The van der Waals surface area contributed by atoms with E-state index in [0.29, 0.717) is 18.4 Å². The lowest BCUT2D eigenvalue weighted by atomic mass is 10.1. The molecule has 0 spiro atoms. The SMILES string of the molecule is CC(C)Cc1noc(CN2CCCC2C(=O)N(C)C)n1. The number of aromatic nitrogens is 2. The molecule has 1 aliphatic heterocycles. The summed E-state index contributed by atoms with van der Waals surface area (Å²) in [5.41, 5.74) is 0. The lowest BCUT2D eigenvalue weighted by Gasteiger charge is -2.24. The minimum absolute atomic E-state index is 0.0505. The molecule has 0 N–H and O–H groups in total. The number of likely N-dealkylation sites (tertiary alicyclic amines) is 1. The molecule has 1 aromatic heterocycles. The summed E-state index contributed by atoms with van der Waals surface area (Å²) in [6.45, 7) is 5.73. The average Bonchev–Trinajstić information content (AvgIpc) is 2.97. The lowest BCUT2D eigenvalue weighted by Crippen LogP contribution is -2.42. The Hall–Kier alpha value is -1.43. The fourth-order valence-corrected chi connectivity index (χ4v) is 2.57. The zero-order valence-electron chi connectivity index (χ0n) is 12.8. The molecule has 6 nitrogen and oxygen atoms in total. The molecule has 1 atom stereocenters. The van der Waals surface area contributed by atoms with Gasteiger partial charge in [-0.2, -0.15) is 4.98 Å². The van der Waals surface area contributed by atoms with Crippen molar-refractivity contribution in [3.05, 3.63) is 11.7 Å². The molecule has 112 valence electrons. The van der Waals surface area contributed by atoms with Gasteiger partial charge >= 0.3 is 0 Å². The Morgan fingerprint density at radius 3 is 2.90 bits per heavy atom. The van der Waals surface area contributed by atoms with Crippen LogP contribution in [-0.2, 0) is 17.8 Å². The van der Waals surface area contributed by atoms with E-state index in [1.165, 1.54) is 0 Å². The van der Waals surface area contributed by atoms with Gasteiger partial charge in [0.1, 0.15) is 0 Å². The molecule has 6 heteroatoms.